The Balaban J connectivity index is 2.32. The third-order valence-electron chi connectivity index (χ3n) is 2.21. The van der Waals surface area contributed by atoms with Crippen LogP contribution >= 0.6 is 11.6 Å². The van der Waals surface area contributed by atoms with E-state index < -0.39 is 0 Å². The molecule has 0 atom stereocenters. The molecule has 0 aliphatic heterocycles. The number of aromatic nitrogens is 2. The average molecular weight is 210 g/mol. The van der Waals surface area contributed by atoms with Crippen molar-refractivity contribution in [3.05, 3.63) is 35.4 Å². The predicted molar refractivity (Wildman–Crippen MR) is 57.6 cm³/mol. The highest BCUT2D eigenvalue weighted by Gasteiger charge is 2.01. The lowest BCUT2D eigenvalue weighted by molar-refractivity contribution is 0.827. The molecule has 2 aromatic rings. The molecule has 14 heavy (non-hydrogen) atoms. The van der Waals surface area contributed by atoms with Crippen molar-refractivity contribution >= 4 is 17.1 Å². The summed E-state index contributed by atoms with van der Waals surface area (Å²) >= 11 is 5.88. The Morgan fingerprint density at radius 2 is 2.29 bits per heavy atom. The molecule has 2 rings (SSSR count). The second kappa shape index (κ2) is 3.98. The third-order valence-corrected chi connectivity index (χ3v) is 2.51. The van der Waals surface area contributed by atoms with Crippen molar-refractivity contribution < 1.29 is 0 Å². The van der Waals surface area contributed by atoms with Gasteiger partial charge in [-0.2, -0.15) is 0 Å². The maximum atomic E-state index is 5.88. The van der Waals surface area contributed by atoms with Crippen LogP contribution in [-0.2, 0) is 6.42 Å². The monoisotopic (exact) mass is 209 g/mol. The first-order chi connectivity index (χ1) is 6.81. The van der Waals surface area contributed by atoms with E-state index in [1.54, 1.807) is 6.33 Å². The molecule has 0 unspecified atom stereocenters. The molecule has 0 saturated carbocycles. The Kier molecular flexibility index (Phi) is 2.70. The summed E-state index contributed by atoms with van der Waals surface area (Å²) in [4.78, 5) is 4.02. The first-order valence-corrected chi connectivity index (χ1v) is 5.00. The number of pyridine rings is 1. The van der Waals surface area contributed by atoms with Gasteiger partial charge in [-0.25, -0.2) is 4.98 Å². The number of hydrogen-bond acceptors (Lipinski definition) is 2. The SMILES string of the molecule is NCCCc1ccc2c(Cl)ncn2c1. The molecule has 0 aromatic carbocycles. The number of aryl methyl sites for hydroxylation is 1. The molecule has 2 heterocycles. The summed E-state index contributed by atoms with van der Waals surface area (Å²) in [6.07, 6.45) is 5.78. The molecule has 3 nitrogen and oxygen atoms in total. The van der Waals surface area contributed by atoms with Gasteiger partial charge in [0.2, 0.25) is 0 Å². The lowest BCUT2D eigenvalue weighted by atomic mass is 10.1. The van der Waals surface area contributed by atoms with Crippen LogP contribution in [0.25, 0.3) is 5.52 Å². The average Bonchev–Trinajstić information content (AvgIpc) is 2.57. The molecule has 0 bridgehead atoms. The van der Waals surface area contributed by atoms with Crippen molar-refractivity contribution in [3.63, 3.8) is 0 Å². The molecule has 0 radical (unpaired) electrons. The lowest BCUT2D eigenvalue weighted by Gasteiger charge is -2.00. The van der Waals surface area contributed by atoms with Gasteiger partial charge in [-0.1, -0.05) is 17.7 Å². The fraction of sp³-hybridized carbons (Fsp3) is 0.300. The molecule has 2 aromatic heterocycles. The fourth-order valence-corrected chi connectivity index (χ4v) is 1.67. The highest BCUT2D eigenvalue weighted by atomic mass is 35.5. The first kappa shape index (κ1) is 9.49. The maximum Gasteiger partial charge on any atom is 0.154 e. The Morgan fingerprint density at radius 3 is 3.07 bits per heavy atom. The Labute approximate surface area is 87.5 Å². The van der Waals surface area contributed by atoms with Crippen LogP contribution in [0.3, 0.4) is 0 Å². The van der Waals surface area contributed by atoms with Crippen molar-refractivity contribution in [1.82, 2.24) is 9.38 Å². The van der Waals surface area contributed by atoms with Crippen molar-refractivity contribution in [2.24, 2.45) is 5.73 Å². The molecule has 0 aliphatic rings. The van der Waals surface area contributed by atoms with Crippen LogP contribution in [0.5, 0.6) is 0 Å². The van der Waals surface area contributed by atoms with E-state index in [2.05, 4.69) is 11.1 Å². The van der Waals surface area contributed by atoms with Gasteiger partial charge in [0.1, 0.15) is 6.33 Å². The molecule has 0 fully saturated rings. The van der Waals surface area contributed by atoms with Crippen molar-refractivity contribution in [1.29, 1.82) is 0 Å². The zero-order valence-electron chi connectivity index (χ0n) is 7.78. The van der Waals surface area contributed by atoms with Crippen LogP contribution in [0, 0.1) is 0 Å². The second-order valence-corrected chi connectivity index (χ2v) is 3.62. The van der Waals surface area contributed by atoms with Crippen LogP contribution < -0.4 is 5.73 Å². The van der Waals surface area contributed by atoms with Gasteiger partial charge in [0.05, 0.1) is 5.52 Å². The van der Waals surface area contributed by atoms with Crippen molar-refractivity contribution in [2.45, 2.75) is 12.8 Å². The van der Waals surface area contributed by atoms with Gasteiger partial charge in [-0.15, -0.1) is 0 Å². The zero-order chi connectivity index (χ0) is 9.97. The molecular formula is C10H12ClN3. The molecule has 0 spiro atoms. The van der Waals surface area contributed by atoms with Crippen LogP contribution in [0.15, 0.2) is 24.7 Å². The normalized spacial score (nSPS) is 11.0. The molecule has 2 N–H and O–H groups in total. The highest BCUT2D eigenvalue weighted by Crippen LogP contribution is 2.16. The van der Waals surface area contributed by atoms with Crippen LogP contribution in [0.1, 0.15) is 12.0 Å². The number of nitrogens with zero attached hydrogens (tertiary/aromatic N) is 2. The van der Waals surface area contributed by atoms with E-state index in [1.165, 1.54) is 5.56 Å². The quantitative estimate of drug-likeness (QED) is 0.839. The Hall–Kier alpha value is -1.06. The van der Waals surface area contributed by atoms with E-state index in [9.17, 15) is 0 Å². The van der Waals surface area contributed by atoms with E-state index in [-0.39, 0.29) is 0 Å². The smallest absolute Gasteiger partial charge is 0.154 e. The van der Waals surface area contributed by atoms with Crippen LogP contribution in [0.2, 0.25) is 5.15 Å². The summed E-state index contributed by atoms with van der Waals surface area (Å²) < 4.78 is 1.94. The van der Waals surface area contributed by atoms with Gasteiger partial charge in [0.15, 0.2) is 5.15 Å². The van der Waals surface area contributed by atoms with Gasteiger partial charge in [-0.3, -0.25) is 0 Å². The largest absolute Gasteiger partial charge is 0.330 e. The molecule has 4 heteroatoms. The summed E-state index contributed by atoms with van der Waals surface area (Å²) in [7, 11) is 0. The summed E-state index contributed by atoms with van der Waals surface area (Å²) in [6, 6.07) is 4.06. The van der Waals surface area contributed by atoms with E-state index >= 15 is 0 Å². The number of halogens is 1. The predicted octanol–water partition coefficient (Wildman–Crippen LogP) is 1.88. The standard InChI is InChI=1S/C10H12ClN3/c11-10-9-4-3-8(2-1-5-12)6-14(9)7-13-10/h3-4,6-7H,1-2,5,12H2. The van der Waals surface area contributed by atoms with Gasteiger partial charge in [-0.05, 0) is 31.0 Å². The second-order valence-electron chi connectivity index (χ2n) is 3.26. The Bertz CT molecular complexity index is 436. The van der Waals surface area contributed by atoms with Gasteiger partial charge < -0.3 is 10.1 Å². The minimum atomic E-state index is 0.551. The fourth-order valence-electron chi connectivity index (χ4n) is 1.47. The van der Waals surface area contributed by atoms with Crippen LogP contribution in [-0.4, -0.2) is 15.9 Å². The molecule has 0 amide bonds. The minimum Gasteiger partial charge on any atom is -0.330 e. The summed E-state index contributed by atoms with van der Waals surface area (Å²) in [5, 5.41) is 0.551. The number of hydrogen-bond donors (Lipinski definition) is 1. The summed E-state index contributed by atoms with van der Waals surface area (Å²) in [5.41, 5.74) is 7.66. The first-order valence-electron chi connectivity index (χ1n) is 4.62. The third kappa shape index (κ3) is 1.74. The number of imidazole rings is 1. The molecule has 0 saturated heterocycles. The van der Waals surface area contributed by atoms with E-state index in [0.717, 1.165) is 24.9 Å². The Morgan fingerprint density at radius 1 is 1.43 bits per heavy atom. The van der Waals surface area contributed by atoms with Crippen LogP contribution in [0.4, 0.5) is 0 Å². The summed E-state index contributed by atoms with van der Waals surface area (Å²) in [6.45, 7) is 0.725. The molecule has 0 aliphatic carbocycles. The number of fused-ring (bicyclic) bond motifs is 1. The number of rotatable bonds is 3. The van der Waals surface area contributed by atoms with E-state index in [1.807, 2.05) is 16.7 Å². The van der Waals surface area contributed by atoms with E-state index in [0.29, 0.717) is 5.15 Å². The van der Waals surface area contributed by atoms with Crippen molar-refractivity contribution in [3.8, 4) is 0 Å². The number of nitrogens with two attached hydrogens (primary N) is 1. The maximum absolute atomic E-state index is 5.88. The van der Waals surface area contributed by atoms with Gasteiger partial charge in [0, 0.05) is 6.20 Å². The highest BCUT2D eigenvalue weighted by molar-refractivity contribution is 6.32. The molecule has 74 valence electrons. The lowest BCUT2D eigenvalue weighted by Crippen LogP contribution is -2.00. The molecular weight excluding hydrogens is 198 g/mol. The minimum absolute atomic E-state index is 0.551. The van der Waals surface area contributed by atoms with Crippen molar-refractivity contribution in [2.75, 3.05) is 6.54 Å². The zero-order valence-corrected chi connectivity index (χ0v) is 8.54. The van der Waals surface area contributed by atoms with E-state index in [4.69, 9.17) is 17.3 Å². The van der Waals surface area contributed by atoms with Gasteiger partial charge in [0.25, 0.3) is 0 Å². The summed E-state index contributed by atoms with van der Waals surface area (Å²) in [5.74, 6) is 0. The topological polar surface area (TPSA) is 43.3 Å². The van der Waals surface area contributed by atoms with Gasteiger partial charge >= 0.3 is 0 Å².